The maximum atomic E-state index is 14.4. The van der Waals surface area contributed by atoms with E-state index in [0.717, 1.165) is 23.5 Å². The molecule has 0 saturated carbocycles. The van der Waals surface area contributed by atoms with Gasteiger partial charge in [-0.3, -0.25) is 14.5 Å². The van der Waals surface area contributed by atoms with E-state index in [1.165, 1.54) is 23.1 Å². The topological polar surface area (TPSA) is 68.7 Å². The third-order valence-corrected chi connectivity index (χ3v) is 5.51. The number of thiazole rings is 1. The fraction of sp³-hybridized carbons (Fsp3) is 0.250. The summed E-state index contributed by atoms with van der Waals surface area (Å²) in [6.07, 6.45) is -1.67. The van der Waals surface area contributed by atoms with Crippen molar-refractivity contribution in [1.82, 2.24) is 4.98 Å². The van der Waals surface area contributed by atoms with E-state index in [0.29, 0.717) is 5.01 Å². The number of ether oxygens (including phenoxy) is 2. The van der Waals surface area contributed by atoms with Crippen molar-refractivity contribution in [2.75, 3.05) is 11.5 Å². The standard InChI is InChI=1S/C20H15F3N2O4S/c1-2-28-17(26)8-15-20(27)25(14-5-3-4-11(22)18(14)29-15)9-16-24-13-7-10(21)6-12(23)19(13)30-16/h3-7,15H,2,8-9H2,1H3. The Morgan fingerprint density at radius 1 is 1.27 bits per heavy atom. The Balaban J connectivity index is 1.70. The molecular formula is C20H15F3N2O4S. The molecule has 6 nitrogen and oxygen atoms in total. The van der Waals surface area contributed by atoms with Crippen molar-refractivity contribution in [1.29, 1.82) is 0 Å². The molecule has 1 aromatic heterocycles. The number of fused-ring (bicyclic) bond motifs is 2. The van der Waals surface area contributed by atoms with E-state index in [-0.39, 0.29) is 34.8 Å². The van der Waals surface area contributed by atoms with Crippen molar-refractivity contribution in [3.05, 3.63) is 52.8 Å². The van der Waals surface area contributed by atoms with Crippen LogP contribution in [0.3, 0.4) is 0 Å². The first-order valence-electron chi connectivity index (χ1n) is 9.04. The minimum atomic E-state index is -1.28. The van der Waals surface area contributed by atoms with Gasteiger partial charge in [-0.25, -0.2) is 18.2 Å². The monoisotopic (exact) mass is 436 g/mol. The van der Waals surface area contributed by atoms with E-state index in [4.69, 9.17) is 9.47 Å². The van der Waals surface area contributed by atoms with Crippen LogP contribution in [0, 0.1) is 17.5 Å². The number of amides is 1. The van der Waals surface area contributed by atoms with E-state index < -0.39 is 41.9 Å². The first kappa shape index (κ1) is 20.1. The Bertz CT molecular complexity index is 1150. The summed E-state index contributed by atoms with van der Waals surface area (Å²) in [6, 6.07) is 5.92. The Labute approximate surface area is 172 Å². The highest BCUT2D eigenvalue weighted by Crippen LogP contribution is 2.38. The average Bonchev–Trinajstić information content (AvgIpc) is 3.09. The van der Waals surface area contributed by atoms with Crippen molar-refractivity contribution < 1.29 is 32.2 Å². The Morgan fingerprint density at radius 2 is 2.07 bits per heavy atom. The van der Waals surface area contributed by atoms with Crippen LogP contribution in [-0.2, 0) is 20.9 Å². The molecule has 0 N–H and O–H groups in total. The number of nitrogens with zero attached hydrogens (tertiary/aromatic N) is 2. The van der Waals surface area contributed by atoms with Crippen LogP contribution in [0.15, 0.2) is 30.3 Å². The number of rotatable bonds is 5. The van der Waals surface area contributed by atoms with E-state index in [1.54, 1.807) is 6.92 Å². The molecule has 3 aromatic rings. The molecule has 0 radical (unpaired) electrons. The van der Waals surface area contributed by atoms with Gasteiger partial charge in [0.1, 0.15) is 16.6 Å². The lowest BCUT2D eigenvalue weighted by Crippen LogP contribution is -2.46. The van der Waals surface area contributed by atoms with Gasteiger partial charge < -0.3 is 9.47 Å². The lowest BCUT2D eigenvalue weighted by molar-refractivity contribution is -0.147. The number of carbonyl (C=O) groups excluding carboxylic acids is 2. The number of hydrogen-bond acceptors (Lipinski definition) is 6. The Kier molecular flexibility index (Phi) is 5.33. The Morgan fingerprint density at radius 3 is 2.83 bits per heavy atom. The Hall–Kier alpha value is -3.14. The van der Waals surface area contributed by atoms with Gasteiger partial charge in [0, 0.05) is 12.1 Å². The van der Waals surface area contributed by atoms with Gasteiger partial charge in [-0.2, -0.15) is 0 Å². The van der Waals surface area contributed by atoms with Crippen LogP contribution in [-0.4, -0.2) is 29.6 Å². The van der Waals surface area contributed by atoms with Gasteiger partial charge >= 0.3 is 5.97 Å². The zero-order valence-electron chi connectivity index (χ0n) is 15.7. The molecule has 1 amide bonds. The molecule has 30 heavy (non-hydrogen) atoms. The highest BCUT2D eigenvalue weighted by atomic mass is 32.1. The molecule has 10 heteroatoms. The summed E-state index contributed by atoms with van der Waals surface area (Å²) in [7, 11) is 0. The fourth-order valence-corrected chi connectivity index (χ4v) is 4.12. The number of hydrogen-bond donors (Lipinski definition) is 0. The van der Waals surface area contributed by atoms with Crippen LogP contribution < -0.4 is 9.64 Å². The zero-order chi connectivity index (χ0) is 21.4. The first-order valence-corrected chi connectivity index (χ1v) is 9.85. The largest absolute Gasteiger partial charge is 0.475 e. The molecule has 0 fully saturated rings. The fourth-order valence-electron chi connectivity index (χ4n) is 3.18. The predicted octanol–water partition coefficient (Wildman–Crippen LogP) is 3.96. The molecule has 0 aliphatic carbocycles. The minimum absolute atomic E-state index is 0.121. The normalized spacial score (nSPS) is 15.8. The van der Waals surface area contributed by atoms with E-state index in [1.807, 2.05) is 0 Å². The van der Waals surface area contributed by atoms with Crippen LogP contribution in [0.25, 0.3) is 10.2 Å². The number of aromatic nitrogens is 1. The van der Waals surface area contributed by atoms with E-state index >= 15 is 0 Å². The number of carbonyl (C=O) groups is 2. The maximum Gasteiger partial charge on any atom is 0.310 e. The van der Waals surface area contributed by atoms with Crippen molar-refractivity contribution >= 4 is 39.1 Å². The maximum absolute atomic E-state index is 14.4. The molecule has 0 spiro atoms. The van der Waals surface area contributed by atoms with Crippen LogP contribution in [0.1, 0.15) is 18.4 Å². The molecule has 4 rings (SSSR count). The van der Waals surface area contributed by atoms with Crippen molar-refractivity contribution in [2.24, 2.45) is 0 Å². The third-order valence-electron chi connectivity index (χ3n) is 4.44. The molecule has 1 unspecified atom stereocenters. The molecule has 2 heterocycles. The second kappa shape index (κ2) is 7.94. The van der Waals surface area contributed by atoms with Crippen molar-refractivity contribution in [2.45, 2.75) is 26.0 Å². The molecule has 156 valence electrons. The van der Waals surface area contributed by atoms with Crippen LogP contribution in [0.2, 0.25) is 0 Å². The van der Waals surface area contributed by atoms with Gasteiger partial charge in [-0.1, -0.05) is 6.07 Å². The smallest absolute Gasteiger partial charge is 0.310 e. The van der Waals surface area contributed by atoms with Gasteiger partial charge in [0.05, 0.1) is 35.5 Å². The molecule has 1 aliphatic rings. The summed E-state index contributed by atoms with van der Waals surface area (Å²) in [5, 5.41) is 0.315. The number of anilines is 1. The third kappa shape index (κ3) is 3.70. The van der Waals surface area contributed by atoms with Gasteiger partial charge in [0.15, 0.2) is 17.7 Å². The van der Waals surface area contributed by atoms with Crippen molar-refractivity contribution in [3.63, 3.8) is 0 Å². The summed E-state index contributed by atoms with van der Waals surface area (Å²) < 4.78 is 52.3. The summed E-state index contributed by atoms with van der Waals surface area (Å²) >= 11 is 0.958. The first-order chi connectivity index (χ1) is 14.4. The molecule has 0 saturated heterocycles. The second-order valence-corrected chi connectivity index (χ2v) is 7.56. The molecule has 2 aromatic carbocycles. The number of para-hydroxylation sites is 1. The second-order valence-electron chi connectivity index (χ2n) is 6.47. The lowest BCUT2D eigenvalue weighted by Gasteiger charge is -2.33. The highest BCUT2D eigenvalue weighted by Gasteiger charge is 2.38. The molecular weight excluding hydrogens is 421 g/mol. The van der Waals surface area contributed by atoms with Gasteiger partial charge in [0.2, 0.25) is 0 Å². The van der Waals surface area contributed by atoms with Crippen LogP contribution in [0.5, 0.6) is 5.75 Å². The molecule has 1 aliphatic heterocycles. The number of benzene rings is 2. The quantitative estimate of drug-likeness (QED) is 0.567. The van der Waals surface area contributed by atoms with E-state index in [9.17, 15) is 22.8 Å². The molecule has 0 bridgehead atoms. The summed E-state index contributed by atoms with van der Waals surface area (Å²) in [6.45, 7) is 1.62. The van der Waals surface area contributed by atoms with Gasteiger partial charge in [-0.05, 0) is 19.1 Å². The van der Waals surface area contributed by atoms with Crippen LogP contribution in [0.4, 0.5) is 18.9 Å². The van der Waals surface area contributed by atoms with Crippen molar-refractivity contribution in [3.8, 4) is 5.75 Å². The zero-order valence-corrected chi connectivity index (χ0v) is 16.5. The summed E-state index contributed by atoms with van der Waals surface area (Å²) in [5.74, 6) is -3.64. The highest BCUT2D eigenvalue weighted by molar-refractivity contribution is 7.18. The minimum Gasteiger partial charge on any atom is -0.475 e. The van der Waals surface area contributed by atoms with Gasteiger partial charge in [0.25, 0.3) is 5.91 Å². The number of esters is 1. The molecule has 1 atom stereocenters. The SMILES string of the molecule is CCOC(=O)CC1Oc2c(F)cccc2N(Cc2nc3cc(F)cc(F)c3s2)C1=O. The number of halogens is 3. The van der Waals surface area contributed by atoms with Crippen LogP contribution >= 0.6 is 11.3 Å². The summed E-state index contributed by atoms with van der Waals surface area (Å²) in [4.78, 5) is 30.3. The lowest BCUT2D eigenvalue weighted by atomic mass is 10.1. The van der Waals surface area contributed by atoms with Gasteiger partial charge in [-0.15, -0.1) is 11.3 Å². The predicted molar refractivity (Wildman–Crippen MR) is 103 cm³/mol. The average molecular weight is 436 g/mol. The van der Waals surface area contributed by atoms with E-state index in [2.05, 4.69) is 4.98 Å². The summed E-state index contributed by atoms with van der Waals surface area (Å²) in [5.41, 5.74) is 0.279.